The van der Waals surface area contributed by atoms with Crippen LogP contribution in [0.25, 0.3) is 6.08 Å². The molecule has 0 aromatic heterocycles. The van der Waals surface area contributed by atoms with Crippen molar-refractivity contribution >= 4 is 40.9 Å². The fourth-order valence-corrected chi connectivity index (χ4v) is 2.92. The number of hydrogen-bond acceptors (Lipinski definition) is 6. The van der Waals surface area contributed by atoms with Gasteiger partial charge in [0.2, 0.25) is 0 Å². The van der Waals surface area contributed by atoms with Crippen LogP contribution < -0.4 is 10.1 Å². The largest absolute Gasteiger partial charge is 0.423 e. The van der Waals surface area contributed by atoms with Crippen molar-refractivity contribution in [3.63, 3.8) is 0 Å². The second kappa shape index (κ2) is 10.2. The Morgan fingerprint density at radius 3 is 2.52 bits per heavy atom. The summed E-state index contributed by atoms with van der Waals surface area (Å²) in [6.45, 7) is 1.90. The molecule has 0 heterocycles. The van der Waals surface area contributed by atoms with E-state index >= 15 is 0 Å². The van der Waals surface area contributed by atoms with Crippen molar-refractivity contribution in [3.05, 3.63) is 104 Å². The Balaban J connectivity index is 1.78. The van der Waals surface area contributed by atoms with Gasteiger partial charge in [0.1, 0.15) is 17.4 Å². The van der Waals surface area contributed by atoms with Gasteiger partial charge < -0.3 is 10.1 Å². The zero-order valence-corrected chi connectivity index (χ0v) is 18.0. The third-order valence-corrected chi connectivity index (χ3v) is 4.77. The Labute approximate surface area is 193 Å². The molecule has 1 N–H and O–H groups in total. The molecule has 0 spiro atoms. The average Bonchev–Trinajstić information content (AvgIpc) is 2.79. The Kier molecular flexibility index (Phi) is 7.18. The van der Waals surface area contributed by atoms with Crippen LogP contribution in [-0.2, 0) is 4.79 Å². The van der Waals surface area contributed by atoms with Crippen molar-refractivity contribution < 1.29 is 19.2 Å². The van der Waals surface area contributed by atoms with Gasteiger partial charge in [-0.3, -0.25) is 14.9 Å². The zero-order valence-electron chi connectivity index (χ0n) is 17.2. The number of halogens is 1. The smallest absolute Gasteiger partial charge is 0.343 e. The molecule has 0 unspecified atom stereocenters. The normalized spacial score (nSPS) is 10.8. The Morgan fingerprint density at radius 2 is 1.85 bits per heavy atom. The number of carbonyl (C=O) groups excluding carboxylic acids is 2. The number of benzene rings is 3. The summed E-state index contributed by atoms with van der Waals surface area (Å²) in [5.41, 5.74) is 1.28. The number of non-ortho nitro benzene ring substituents is 1. The van der Waals surface area contributed by atoms with Gasteiger partial charge in [0.15, 0.2) is 0 Å². The van der Waals surface area contributed by atoms with Crippen molar-refractivity contribution in [2.24, 2.45) is 0 Å². The first-order valence-corrected chi connectivity index (χ1v) is 9.90. The van der Waals surface area contributed by atoms with Crippen LogP contribution in [0.5, 0.6) is 5.75 Å². The Morgan fingerprint density at radius 1 is 1.12 bits per heavy atom. The number of nitrogens with one attached hydrogen (secondary N) is 1. The maximum atomic E-state index is 12.5. The zero-order chi connectivity index (χ0) is 24.0. The van der Waals surface area contributed by atoms with Crippen LogP contribution in [0.3, 0.4) is 0 Å². The van der Waals surface area contributed by atoms with Crippen LogP contribution in [0.15, 0.2) is 72.3 Å². The van der Waals surface area contributed by atoms with E-state index in [9.17, 15) is 25.0 Å². The first-order valence-electron chi connectivity index (χ1n) is 9.53. The molecule has 0 fully saturated rings. The van der Waals surface area contributed by atoms with Crippen LogP contribution in [0.4, 0.5) is 11.4 Å². The molecule has 3 rings (SSSR count). The number of carbonyl (C=O) groups is 2. The topological polar surface area (TPSA) is 122 Å². The summed E-state index contributed by atoms with van der Waals surface area (Å²) in [7, 11) is 0. The fourth-order valence-electron chi connectivity index (χ4n) is 2.75. The summed E-state index contributed by atoms with van der Waals surface area (Å²) in [6, 6.07) is 18.5. The van der Waals surface area contributed by atoms with Crippen molar-refractivity contribution in [2.45, 2.75) is 6.92 Å². The lowest BCUT2D eigenvalue weighted by molar-refractivity contribution is -0.384. The number of ether oxygens (including phenoxy) is 1. The first kappa shape index (κ1) is 23.2. The molecular weight excluding hydrogens is 446 g/mol. The summed E-state index contributed by atoms with van der Waals surface area (Å²) in [5.74, 6) is -1.12. The molecule has 0 bridgehead atoms. The van der Waals surface area contributed by atoms with E-state index in [2.05, 4.69) is 5.32 Å². The van der Waals surface area contributed by atoms with E-state index in [1.165, 1.54) is 24.3 Å². The minimum Gasteiger partial charge on any atom is -0.423 e. The predicted octanol–water partition coefficient (Wildman–Crippen LogP) is 5.32. The van der Waals surface area contributed by atoms with E-state index < -0.39 is 16.8 Å². The summed E-state index contributed by atoms with van der Waals surface area (Å²) >= 11 is 5.99. The minimum absolute atomic E-state index is 0.00204. The van der Waals surface area contributed by atoms with Gasteiger partial charge >= 0.3 is 5.97 Å². The molecule has 0 aliphatic carbocycles. The van der Waals surface area contributed by atoms with Gasteiger partial charge in [-0.25, -0.2) is 4.79 Å². The van der Waals surface area contributed by atoms with Gasteiger partial charge in [0.05, 0.1) is 21.2 Å². The van der Waals surface area contributed by atoms with Crippen LogP contribution in [0.2, 0.25) is 5.02 Å². The van der Waals surface area contributed by atoms with Gasteiger partial charge in [0.25, 0.3) is 11.6 Å². The van der Waals surface area contributed by atoms with E-state index in [4.69, 9.17) is 16.3 Å². The number of rotatable bonds is 6. The number of anilines is 1. The highest BCUT2D eigenvalue weighted by Gasteiger charge is 2.15. The van der Waals surface area contributed by atoms with Crippen LogP contribution in [-0.4, -0.2) is 16.8 Å². The minimum atomic E-state index is -0.804. The van der Waals surface area contributed by atoms with E-state index in [-0.39, 0.29) is 27.7 Å². The molecular formula is C24H16ClN3O5. The molecule has 0 radical (unpaired) electrons. The van der Waals surface area contributed by atoms with E-state index in [1.807, 2.05) is 6.92 Å². The maximum absolute atomic E-state index is 12.5. The SMILES string of the molecule is Cc1ccc(C(=O)Oc2cccc(/C=C(\C#N)C(=O)Nc3cc([N+](=O)[O-])ccc3Cl)c2)cc1. The van der Waals surface area contributed by atoms with Crippen LogP contribution in [0.1, 0.15) is 21.5 Å². The molecule has 164 valence electrons. The summed E-state index contributed by atoms with van der Waals surface area (Å²) in [5, 5.41) is 22.9. The lowest BCUT2D eigenvalue weighted by atomic mass is 10.1. The molecule has 8 nitrogen and oxygen atoms in total. The molecule has 1 amide bonds. The third kappa shape index (κ3) is 6.03. The van der Waals surface area contributed by atoms with Gasteiger partial charge in [-0.05, 0) is 48.9 Å². The number of hydrogen-bond donors (Lipinski definition) is 1. The summed E-state index contributed by atoms with van der Waals surface area (Å²) in [6.07, 6.45) is 1.30. The van der Waals surface area contributed by atoms with Crippen LogP contribution >= 0.6 is 11.6 Å². The molecule has 0 aliphatic rings. The summed E-state index contributed by atoms with van der Waals surface area (Å²) < 4.78 is 5.37. The van der Waals surface area contributed by atoms with E-state index in [0.29, 0.717) is 11.1 Å². The molecule has 33 heavy (non-hydrogen) atoms. The monoisotopic (exact) mass is 461 g/mol. The molecule has 9 heteroatoms. The highest BCUT2D eigenvalue weighted by molar-refractivity contribution is 6.34. The fraction of sp³-hybridized carbons (Fsp3) is 0.0417. The molecule has 0 atom stereocenters. The third-order valence-electron chi connectivity index (χ3n) is 4.44. The second-order valence-electron chi connectivity index (χ2n) is 6.87. The summed E-state index contributed by atoms with van der Waals surface area (Å²) in [4.78, 5) is 35.2. The van der Waals surface area contributed by atoms with Crippen molar-refractivity contribution in [3.8, 4) is 11.8 Å². The number of nitrogens with zero attached hydrogens (tertiary/aromatic N) is 2. The van der Waals surface area contributed by atoms with Crippen LogP contribution in [0, 0.1) is 28.4 Å². The highest BCUT2D eigenvalue weighted by Crippen LogP contribution is 2.27. The molecule has 0 saturated heterocycles. The molecule has 0 saturated carbocycles. The predicted molar refractivity (Wildman–Crippen MR) is 123 cm³/mol. The van der Waals surface area contributed by atoms with E-state index in [0.717, 1.165) is 11.6 Å². The van der Waals surface area contributed by atoms with Crippen molar-refractivity contribution in [1.82, 2.24) is 0 Å². The van der Waals surface area contributed by atoms with Crippen molar-refractivity contribution in [1.29, 1.82) is 5.26 Å². The first-order chi connectivity index (χ1) is 15.8. The van der Waals surface area contributed by atoms with Gasteiger partial charge in [-0.1, -0.05) is 41.4 Å². The Hall–Kier alpha value is -4.48. The lowest BCUT2D eigenvalue weighted by Gasteiger charge is -2.07. The lowest BCUT2D eigenvalue weighted by Crippen LogP contribution is -2.14. The van der Waals surface area contributed by atoms with Gasteiger partial charge in [0, 0.05) is 12.1 Å². The average molecular weight is 462 g/mol. The number of aryl methyl sites for hydroxylation is 1. The number of nitriles is 1. The number of esters is 1. The number of nitro benzene ring substituents is 1. The Bertz CT molecular complexity index is 1310. The maximum Gasteiger partial charge on any atom is 0.343 e. The molecule has 3 aromatic carbocycles. The highest BCUT2D eigenvalue weighted by atomic mass is 35.5. The quantitative estimate of drug-likeness (QED) is 0.132. The molecule has 3 aromatic rings. The second-order valence-corrected chi connectivity index (χ2v) is 7.28. The molecule has 0 aliphatic heterocycles. The number of amides is 1. The number of nitro groups is 1. The van der Waals surface area contributed by atoms with Gasteiger partial charge in [-0.15, -0.1) is 0 Å². The van der Waals surface area contributed by atoms with E-state index in [1.54, 1.807) is 48.5 Å². The van der Waals surface area contributed by atoms with Gasteiger partial charge in [-0.2, -0.15) is 5.26 Å². The van der Waals surface area contributed by atoms with Crippen molar-refractivity contribution in [2.75, 3.05) is 5.32 Å². The standard InChI is InChI=1S/C24H16ClN3O5/c1-15-5-7-17(8-6-15)24(30)33-20-4-2-3-16(12-20)11-18(14-26)23(29)27-22-13-19(28(31)32)9-10-21(22)25/h2-13H,1H3,(H,27,29)/b18-11+.